The van der Waals surface area contributed by atoms with Crippen molar-refractivity contribution in [1.82, 2.24) is 5.06 Å². The number of nitrogens with zero attached hydrogens (tertiary/aromatic N) is 1. The molecule has 0 bridgehead atoms. The quantitative estimate of drug-likeness (QED) is 0.238. The van der Waals surface area contributed by atoms with E-state index in [1.165, 1.54) is 37.9 Å². The van der Waals surface area contributed by atoms with Gasteiger partial charge in [-0.1, -0.05) is 26.8 Å². The van der Waals surface area contributed by atoms with E-state index in [1.807, 2.05) is 20.8 Å². The molecule has 3 fully saturated rings. The molecule has 7 heteroatoms. The number of allylic oxidation sites excluding steroid dienone is 1. The number of amides is 1. The maximum Gasteiger partial charge on any atom is 0.332 e. The summed E-state index contributed by atoms with van der Waals surface area (Å²) in [7, 11) is 3.22. The van der Waals surface area contributed by atoms with Crippen molar-refractivity contribution >= 4 is 11.9 Å². The topological polar surface area (TPSA) is 85.3 Å². The van der Waals surface area contributed by atoms with Gasteiger partial charge in [0.2, 0.25) is 5.91 Å². The number of carbonyl (C=O) groups is 2. The zero-order valence-corrected chi connectivity index (χ0v) is 25.6. The van der Waals surface area contributed by atoms with E-state index < -0.39 is 11.7 Å². The lowest BCUT2D eigenvalue weighted by Crippen LogP contribution is -2.54. The van der Waals surface area contributed by atoms with E-state index in [2.05, 4.69) is 26.8 Å². The van der Waals surface area contributed by atoms with E-state index in [-0.39, 0.29) is 30.0 Å². The summed E-state index contributed by atoms with van der Waals surface area (Å²) in [5.41, 5.74) is 0.883. The maximum atomic E-state index is 12.3. The molecule has 7 nitrogen and oxygen atoms in total. The molecule has 0 heterocycles. The molecule has 0 aromatic heterocycles. The highest BCUT2D eigenvalue weighted by molar-refractivity contribution is 5.74. The molecule has 3 saturated carbocycles. The molecule has 4 rings (SSSR count). The summed E-state index contributed by atoms with van der Waals surface area (Å²) < 4.78 is 11.3. The molecule has 4 aliphatic rings. The van der Waals surface area contributed by atoms with Crippen molar-refractivity contribution in [2.75, 3.05) is 20.8 Å². The lowest BCUT2D eigenvalue weighted by molar-refractivity contribution is -0.169. The molecule has 0 radical (unpaired) electrons. The molecule has 0 aromatic carbocycles. The van der Waals surface area contributed by atoms with Gasteiger partial charge in [-0.15, -0.1) is 0 Å². The number of aliphatic hydroxyl groups excluding tert-OH is 1. The Morgan fingerprint density at radius 2 is 1.85 bits per heavy atom. The first kappa shape index (κ1) is 30.5. The average Bonchev–Trinajstić information content (AvgIpc) is 3.22. The number of carbonyl (C=O) groups excluding carboxylic acids is 2. The van der Waals surface area contributed by atoms with Gasteiger partial charge in [0, 0.05) is 13.5 Å². The summed E-state index contributed by atoms with van der Waals surface area (Å²) in [6.07, 6.45) is 10.4. The van der Waals surface area contributed by atoms with Crippen LogP contribution in [0.5, 0.6) is 0 Å². The molecule has 4 aliphatic carbocycles. The standard InChI is InChI=1S/C32H53NO6/c1-20(9-14-27(34)33(7)37-8)22-12-13-23-21-10-11-25-29(36)26(38-19-28(35)39-30(2,3)4)16-18-32(25,6)24(21)15-17-31(22,23)5/h11,20-24,26,29,36H,9-10,12-19H2,1-8H3/t20-,21+,22-,23+,24+,26+,29-,31-,32-/m1/s1. The lowest BCUT2D eigenvalue weighted by atomic mass is 9.46. The first-order chi connectivity index (χ1) is 18.2. The SMILES string of the molecule is CON(C)C(=O)CC[C@@H](C)[C@H]1CC[C@H]2[C@@H]3CC=C4[C@@H](O)[C@@H](OCC(=O)OC(C)(C)C)CC[C@]4(C)[C@H]3CC[C@]12C. The normalized spacial score (nSPS) is 38.6. The van der Waals surface area contributed by atoms with Crippen molar-refractivity contribution in [3.05, 3.63) is 11.6 Å². The number of aliphatic hydroxyl groups is 1. The third-order valence-electron chi connectivity index (χ3n) is 11.2. The van der Waals surface area contributed by atoms with Crippen LogP contribution in [0.2, 0.25) is 0 Å². The molecule has 0 unspecified atom stereocenters. The minimum Gasteiger partial charge on any atom is -0.458 e. The van der Waals surface area contributed by atoms with Crippen LogP contribution in [-0.2, 0) is 23.9 Å². The van der Waals surface area contributed by atoms with Crippen LogP contribution in [0.1, 0.15) is 99.3 Å². The van der Waals surface area contributed by atoms with Gasteiger partial charge < -0.3 is 14.6 Å². The third-order valence-corrected chi connectivity index (χ3v) is 11.2. The molecule has 0 spiro atoms. The van der Waals surface area contributed by atoms with Gasteiger partial charge in [-0.2, -0.15) is 0 Å². The molecule has 39 heavy (non-hydrogen) atoms. The molecule has 1 amide bonds. The van der Waals surface area contributed by atoms with Crippen LogP contribution < -0.4 is 0 Å². The minimum absolute atomic E-state index is 0.0176. The van der Waals surface area contributed by atoms with Gasteiger partial charge in [0.1, 0.15) is 18.3 Å². The number of ether oxygens (including phenoxy) is 2. The molecule has 0 aromatic rings. The summed E-state index contributed by atoms with van der Waals surface area (Å²) >= 11 is 0. The number of hydroxylamine groups is 2. The number of esters is 1. The van der Waals surface area contributed by atoms with Crippen molar-refractivity contribution in [3.63, 3.8) is 0 Å². The number of rotatable bonds is 8. The van der Waals surface area contributed by atoms with E-state index >= 15 is 0 Å². The zero-order chi connectivity index (χ0) is 28.8. The van der Waals surface area contributed by atoms with Crippen LogP contribution in [0.25, 0.3) is 0 Å². The molecular weight excluding hydrogens is 494 g/mol. The highest BCUT2D eigenvalue weighted by atomic mass is 16.7. The van der Waals surface area contributed by atoms with Gasteiger partial charge in [-0.25, -0.2) is 9.86 Å². The maximum absolute atomic E-state index is 12.3. The van der Waals surface area contributed by atoms with E-state index in [0.717, 1.165) is 31.3 Å². The Bertz CT molecular complexity index is 941. The third kappa shape index (κ3) is 5.97. The van der Waals surface area contributed by atoms with Crippen molar-refractivity contribution in [2.45, 2.75) is 117 Å². The summed E-state index contributed by atoms with van der Waals surface area (Å²) in [6, 6.07) is 0. The highest BCUT2D eigenvalue weighted by Gasteiger charge is 2.60. The van der Waals surface area contributed by atoms with Crippen molar-refractivity contribution in [3.8, 4) is 0 Å². The Morgan fingerprint density at radius 3 is 2.51 bits per heavy atom. The summed E-state index contributed by atoms with van der Waals surface area (Å²) in [5, 5.41) is 12.7. The van der Waals surface area contributed by atoms with Crippen LogP contribution in [0.15, 0.2) is 11.6 Å². The van der Waals surface area contributed by atoms with Gasteiger partial charge >= 0.3 is 5.97 Å². The molecule has 1 N–H and O–H groups in total. The zero-order valence-electron chi connectivity index (χ0n) is 25.6. The first-order valence-corrected chi connectivity index (χ1v) is 15.2. The monoisotopic (exact) mass is 547 g/mol. The van der Waals surface area contributed by atoms with Crippen LogP contribution in [0, 0.1) is 40.4 Å². The summed E-state index contributed by atoms with van der Waals surface area (Å²) in [4.78, 5) is 29.6. The van der Waals surface area contributed by atoms with E-state index in [9.17, 15) is 14.7 Å². The van der Waals surface area contributed by atoms with Gasteiger partial charge in [-0.05, 0) is 118 Å². The van der Waals surface area contributed by atoms with Gasteiger partial charge in [-0.3, -0.25) is 9.63 Å². The van der Waals surface area contributed by atoms with Gasteiger partial charge in [0.15, 0.2) is 0 Å². The second kappa shape index (κ2) is 11.4. The van der Waals surface area contributed by atoms with Gasteiger partial charge in [0.25, 0.3) is 0 Å². The largest absolute Gasteiger partial charge is 0.458 e. The molecule has 222 valence electrons. The molecular formula is C32H53NO6. The predicted octanol–water partition coefficient (Wildman–Crippen LogP) is 5.70. The summed E-state index contributed by atoms with van der Waals surface area (Å²) in [5.74, 6) is 2.72. The van der Waals surface area contributed by atoms with E-state index in [1.54, 1.807) is 7.05 Å². The van der Waals surface area contributed by atoms with E-state index in [0.29, 0.717) is 41.4 Å². The second-order valence-electron chi connectivity index (χ2n) is 14.4. The fourth-order valence-electron chi connectivity index (χ4n) is 9.21. The number of hydrogen-bond acceptors (Lipinski definition) is 6. The molecule has 0 aliphatic heterocycles. The first-order valence-electron chi connectivity index (χ1n) is 15.2. The highest BCUT2D eigenvalue weighted by Crippen LogP contribution is 2.67. The van der Waals surface area contributed by atoms with Crippen molar-refractivity contribution in [1.29, 1.82) is 0 Å². The lowest BCUT2D eigenvalue weighted by Gasteiger charge is -2.59. The Hall–Kier alpha value is -1.44. The smallest absolute Gasteiger partial charge is 0.332 e. The fourth-order valence-corrected chi connectivity index (χ4v) is 9.21. The number of hydrogen-bond donors (Lipinski definition) is 1. The van der Waals surface area contributed by atoms with Crippen molar-refractivity contribution in [2.24, 2.45) is 40.4 Å². The predicted molar refractivity (Wildman–Crippen MR) is 150 cm³/mol. The second-order valence-corrected chi connectivity index (χ2v) is 14.4. The van der Waals surface area contributed by atoms with Crippen molar-refractivity contribution < 1.29 is 29.0 Å². The number of fused-ring (bicyclic) bond motifs is 5. The average molecular weight is 548 g/mol. The Balaban J connectivity index is 1.42. The van der Waals surface area contributed by atoms with E-state index in [4.69, 9.17) is 14.3 Å². The van der Waals surface area contributed by atoms with Crippen LogP contribution in [0.3, 0.4) is 0 Å². The molecule has 0 saturated heterocycles. The minimum atomic E-state index is -0.667. The summed E-state index contributed by atoms with van der Waals surface area (Å²) in [6.45, 7) is 12.7. The molecule has 9 atom stereocenters. The van der Waals surface area contributed by atoms with Gasteiger partial charge in [0.05, 0.1) is 13.2 Å². The fraction of sp³-hybridized carbons (Fsp3) is 0.875. The Morgan fingerprint density at radius 1 is 1.13 bits per heavy atom. The van der Waals surface area contributed by atoms with Crippen LogP contribution in [-0.4, -0.2) is 60.6 Å². The van der Waals surface area contributed by atoms with Crippen LogP contribution >= 0.6 is 0 Å². The Labute approximate surface area is 236 Å². The Kier molecular flexibility index (Phi) is 8.95. The van der Waals surface area contributed by atoms with Crippen LogP contribution in [0.4, 0.5) is 0 Å².